The number of benzene rings is 2. The van der Waals surface area contributed by atoms with Gasteiger partial charge in [-0.3, -0.25) is 4.99 Å². The number of anilines is 2. The number of hydrogen-bond donors (Lipinski definition) is 3. The highest BCUT2D eigenvalue weighted by molar-refractivity contribution is 5.93. The van der Waals surface area contributed by atoms with Crippen molar-refractivity contribution < 1.29 is 5.11 Å². The Labute approximate surface area is 175 Å². The van der Waals surface area contributed by atoms with Crippen molar-refractivity contribution in [3.63, 3.8) is 0 Å². The van der Waals surface area contributed by atoms with E-state index in [1.165, 1.54) is 18.5 Å². The third kappa shape index (κ3) is 3.15. The largest absolute Gasteiger partial charge is 0.507 e. The zero-order valence-electron chi connectivity index (χ0n) is 17.3. The molecule has 2 aliphatic rings. The summed E-state index contributed by atoms with van der Waals surface area (Å²) in [5.74, 6) is 0.577. The van der Waals surface area contributed by atoms with Crippen LogP contribution in [-0.2, 0) is 0 Å². The van der Waals surface area contributed by atoms with Gasteiger partial charge in [-0.15, -0.1) is 0 Å². The number of fused-ring (bicyclic) bond motifs is 1. The molecule has 3 aromatic rings. The molecule has 1 aromatic heterocycles. The zero-order chi connectivity index (χ0) is 20.9. The molecule has 7 nitrogen and oxygen atoms in total. The van der Waals surface area contributed by atoms with E-state index in [1.54, 1.807) is 26.3 Å². The monoisotopic (exact) mass is 402 g/mol. The second kappa shape index (κ2) is 6.95. The molecule has 0 atom stereocenters. The number of aromatic nitrogens is 2. The van der Waals surface area contributed by atoms with Crippen molar-refractivity contribution in [2.24, 2.45) is 4.99 Å². The minimum atomic E-state index is 0.104. The number of nitrogens with zero attached hydrogens (tertiary/aromatic N) is 4. The van der Waals surface area contributed by atoms with Crippen molar-refractivity contribution in [3.05, 3.63) is 41.6 Å². The molecule has 0 radical (unpaired) electrons. The van der Waals surface area contributed by atoms with Crippen LogP contribution < -0.4 is 16.0 Å². The van der Waals surface area contributed by atoms with E-state index in [1.807, 2.05) is 12.3 Å². The molecule has 1 spiro atoms. The molecule has 0 bridgehead atoms. The van der Waals surface area contributed by atoms with Crippen LogP contribution in [0, 0.1) is 6.92 Å². The van der Waals surface area contributed by atoms with Crippen LogP contribution in [0.15, 0.2) is 35.5 Å². The number of hydrogen-bond acceptors (Lipinski definition) is 7. The summed E-state index contributed by atoms with van der Waals surface area (Å²) in [6.45, 7) is 4.87. The molecule has 1 saturated heterocycles. The lowest BCUT2D eigenvalue weighted by molar-refractivity contribution is 0.442. The van der Waals surface area contributed by atoms with Crippen LogP contribution in [0.1, 0.15) is 24.0 Å². The van der Waals surface area contributed by atoms with Gasteiger partial charge in [-0.1, -0.05) is 0 Å². The van der Waals surface area contributed by atoms with Crippen LogP contribution in [0.5, 0.6) is 5.75 Å². The number of phenolic OH excluding ortho intramolecular Hbond substituents is 1. The predicted molar refractivity (Wildman–Crippen MR) is 121 cm³/mol. The highest BCUT2D eigenvalue weighted by atomic mass is 16.3. The summed E-state index contributed by atoms with van der Waals surface area (Å²) < 4.78 is 0. The summed E-state index contributed by atoms with van der Waals surface area (Å²) in [7, 11) is 1.69. The van der Waals surface area contributed by atoms with Crippen LogP contribution in [-0.4, -0.2) is 53.5 Å². The molecule has 1 saturated carbocycles. The standard InChI is InChI=1S/C23H26N6O/c1-14-20(24)16(11-25-2)10-18(21(14)30)22-26-12-15-9-17(3-4-19(15)28-22)29-8-7-27-23(13-29)5-6-23/h3-4,9-12,27,30H,5-8,13,24H2,1-2H3. The van der Waals surface area contributed by atoms with Gasteiger partial charge in [0.2, 0.25) is 0 Å². The van der Waals surface area contributed by atoms with Gasteiger partial charge in [-0.05, 0) is 44.0 Å². The van der Waals surface area contributed by atoms with Gasteiger partial charge in [0.1, 0.15) is 5.75 Å². The van der Waals surface area contributed by atoms with Crippen LogP contribution in [0.4, 0.5) is 11.4 Å². The Balaban J connectivity index is 1.52. The number of nitrogen functional groups attached to an aromatic ring is 1. The Morgan fingerprint density at radius 1 is 1.30 bits per heavy atom. The SMILES string of the molecule is CN=Cc1cc(-c2ncc3cc(N4CCNC5(CC5)C4)ccc3n2)c(O)c(C)c1N. The van der Waals surface area contributed by atoms with E-state index >= 15 is 0 Å². The Morgan fingerprint density at radius 2 is 2.13 bits per heavy atom. The summed E-state index contributed by atoms with van der Waals surface area (Å²) in [5.41, 5.74) is 10.9. The van der Waals surface area contributed by atoms with Gasteiger partial charge in [0, 0.05) is 72.5 Å². The maximum Gasteiger partial charge on any atom is 0.163 e. The maximum absolute atomic E-state index is 10.6. The average Bonchev–Trinajstić information content (AvgIpc) is 3.51. The average molecular weight is 403 g/mol. The number of aromatic hydroxyl groups is 1. The highest BCUT2D eigenvalue weighted by Crippen LogP contribution is 2.39. The van der Waals surface area contributed by atoms with E-state index in [2.05, 4.69) is 32.3 Å². The number of piperazine rings is 1. The van der Waals surface area contributed by atoms with Crippen molar-refractivity contribution in [1.29, 1.82) is 0 Å². The first kappa shape index (κ1) is 18.8. The minimum Gasteiger partial charge on any atom is -0.507 e. The fourth-order valence-corrected chi connectivity index (χ4v) is 4.27. The van der Waals surface area contributed by atoms with Gasteiger partial charge in [-0.25, -0.2) is 9.97 Å². The van der Waals surface area contributed by atoms with Crippen LogP contribution in [0.2, 0.25) is 0 Å². The lowest BCUT2D eigenvalue weighted by Crippen LogP contribution is -2.52. The molecule has 2 aromatic carbocycles. The molecule has 5 rings (SSSR count). The predicted octanol–water partition coefficient (Wildman–Crippen LogP) is 2.88. The van der Waals surface area contributed by atoms with E-state index < -0.39 is 0 Å². The molecule has 4 N–H and O–H groups in total. The lowest BCUT2D eigenvalue weighted by Gasteiger charge is -2.35. The maximum atomic E-state index is 10.6. The number of rotatable bonds is 3. The van der Waals surface area contributed by atoms with Crippen LogP contribution in [0.25, 0.3) is 22.3 Å². The van der Waals surface area contributed by atoms with E-state index in [-0.39, 0.29) is 5.75 Å². The Kier molecular flexibility index (Phi) is 4.36. The van der Waals surface area contributed by atoms with Crippen molar-refractivity contribution >= 4 is 28.5 Å². The Hall–Kier alpha value is -3.19. The van der Waals surface area contributed by atoms with E-state index in [4.69, 9.17) is 10.7 Å². The smallest absolute Gasteiger partial charge is 0.163 e. The van der Waals surface area contributed by atoms with Gasteiger partial charge in [0.25, 0.3) is 0 Å². The summed E-state index contributed by atoms with van der Waals surface area (Å²) >= 11 is 0. The molecule has 7 heteroatoms. The fraction of sp³-hybridized carbons (Fsp3) is 0.348. The van der Waals surface area contributed by atoms with Crippen molar-refractivity contribution in [1.82, 2.24) is 15.3 Å². The van der Waals surface area contributed by atoms with Gasteiger partial charge in [0.05, 0.1) is 11.1 Å². The topological polar surface area (TPSA) is 99.7 Å². The third-order valence-electron chi connectivity index (χ3n) is 6.29. The van der Waals surface area contributed by atoms with Gasteiger partial charge >= 0.3 is 0 Å². The number of nitrogens with one attached hydrogen (secondary N) is 1. The first-order valence-corrected chi connectivity index (χ1v) is 10.3. The quantitative estimate of drug-likeness (QED) is 0.460. The second-order valence-corrected chi connectivity index (χ2v) is 8.35. The molecule has 1 aliphatic carbocycles. The van der Waals surface area contributed by atoms with Crippen molar-refractivity contribution in [2.75, 3.05) is 37.3 Å². The van der Waals surface area contributed by atoms with Crippen LogP contribution in [0.3, 0.4) is 0 Å². The highest BCUT2D eigenvalue weighted by Gasteiger charge is 2.45. The first-order valence-electron chi connectivity index (χ1n) is 10.3. The molecular formula is C23H26N6O. The molecule has 1 aliphatic heterocycles. The Bertz CT molecular complexity index is 1170. The zero-order valence-corrected chi connectivity index (χ0v) is 17.3. The fourth-order valence-electron chi connectivity index (χ4n) is 4.27. The third-order valence-corrected chi connectivity index (χ3v) is 6.29. The normalized spacial score (nSPS) is 17.9. The summed E-state index contributed by atoms with van der Waals surface area (Å²) in [5, 5.41) is 15.3. The lowest BCUT2D eigenvalue weighted by atomic mass is 10.0. The summed E-state index contributed by atoms with van der Waals surface area (Å²) in [6.07, 6.45) is 6.03. The summed E-state index contributed by atoms with van der Waals surface area (Å²) in [4.78, 5) is 15.8. The molecule has 2 heterocycles. The van der Waals surface area contributed by atoms with Gasteiger partial charge < -0.3 is 21.1 Å². The van der Waals surface area contributed by atoms with Gasteiger partial charge in [-0.2, -0.15) is 0 Å². The number of aliphatic imine (C=N–C) groups is 1. The molecule has 0 unspecified atom stereocenters. The van der Waals surface area contributed by atoms with E-state index in [0.717, 1.165) is 36.1 Å². The molecule has 30 heavy (non-hydrogen) atoms. The molecule has 0 amide bonds. The second-order valence-electron chi connectivity index (χ2n) is 8.35. The molecular weight excluding hydrogens is 376 g/mol. The van der Waals surface area contributed by atoms with Crippen molar-refractivity contribution in [3.8, 4) is 17.1 Å². The summed E-state index contributed by atoms with van der Waals surface area (Å²) in [6, 6.07) is 8.11. The number of nitrogens with two attached hydrogens (primary N) is 1. The molecule has 2 fully saturated rings. The van der Waals surface area contributed by atoms with Crippen molar-refractivity contribution in [2.45, 2.75) is 25.3 Å². The Morgan fingerprint density at radius 3 is 2.90 bits per heavy atom. The number of phenols is 1. The van der Waals surface area contributed by atoms with E-state index in [9.17, 15) is 5.11 Å². The van der Waals surface area contributed by atoms with E-state index in [0.29, 0.717) is 28.2 Å². The first-order chi connectivity index (χ1) is 14.5. The molecule has 154 valence electrons. The van der Waals surface area contributed by atoms with Crippen LogP contribution >= 0.6 is 0 Å². The van der Waals surface area contributed by atoms with Gasteiger partial charge in [0.15, 0.2) is 5.82 Å². The minimum absolute atomic E-state index is 0.104.